The van der Waals surface area contributed by atoms with E-state index in [-0.39, 0.29) is 24.4 Å². The minimum atomic E-state index is -1.08. The van der Waals surface area contributed by atoms with Crippen LogP contribution >= 0.6 is 0 Å². The Labute approximate surface area is 98.6 Å². The van der Waals surface area contributed by atoms with Crippen molar-refractivity contribution < 1.29 is 19.1 Å². The molecule has 0 aliphatic heterocycles. The Morgan fingerprint density at radius 1 is 1.12 bits per heavy atom. The molecular weight excluding hydrogens is 220 g/mol. The van der Waals surface area contributed by atoms with Gasteiger partial charge in [-0.25, -0.2) is 0 Å². The fraction of sp³-hybridized carbons (Fsp3) is 0.308. The molecule has 17 heavy (non-hydrogen) atoms. The monoisotopic (exact) mass is 232 g/mol. The molecule has 0 heterocycles. The maximum atomic E-state index is 12.0. The van der Waals surface area contributed by atoms with Crippen molar-refractivity contribution in [3.63, 3.8) is 0 Å². The van der Waals surface area contributed by atoms with Gasteiger partial charge in [0.25, 0.3) is 0 Å². The van der Waals surface area contributed by atoms with E-state index in [1.165, 1.54) is 7.11 Å². The van der Waals surface area contributed by atoms with Crippen molar-refractivity contribution in [2.45, 2.75) is 12.8 Å². The third-order valence-electron chi connectivity index (χ3n) is 2.90. The van der Waals surface area contributed by atoms with Gasteiger partial charge in [0.05, 0.1) is 7.11 Å². The van der Waals surface area contributed by atoms with Crippen LogP contribution in [-0.4, -0.2) is 24.5 Å². The Morgan fingerprint density at radius 2 is 1.65 bits per heavy atom. The van der Waals surface area contributed by atoms with Crippen LogP contribution in [0.1, 0.15) is 23.2 Å². The molecule has 0 spiro atoms. The first-order valence-corrected chi connectivity index (χ1v) is 5.37. The second-order valence-corrected chi connectivity index (χ2v) is 3.96. The SMILES string of the molecule is COc1ccc(C(=O)C2C(=O)CCC2=O)cc1. The number of carbonyl (C=O) groups excluding carboxylic acids is 3. The predicted molar refractivity (Wildman–Crippen MR) is 60.1 cm³/mol. The standard InChI is InChI=1S/C13H12O4/c1-17-9-4-2-8(3-5-9)13(16)12-10(14)6-7-11(12)15/h2-5,12H,6-7H2,1H3. The summed E-state index contributed by atoms with van der Waals surface area (Å²) in [4.78, 5) is 34.9. The molecule has 1 aliphatic carbocycles. The molecule has 4 heteroatoms. The van der Waals surface area contributed by atoms with Gasteiger partial charge >= 0.3 is 0 Å². The van der Waals surface area contributed by atoms with Crippen LogP contribution in [0.15, 0.2) is 24.3 Å². The molecule has 0 saturated heterocycles. The highest BCUT2D eigenvalue weighted by atomic mass is 16.5. The van der Waals surface area contributed by atoms with Gasteiger partial charge in [0.15, 0.2) is 17.3 Å². The summed E-state index contributed by atoms with van der Waals surface area (Å²) < 4.78 is 4.97. The van der Waals surface area contributed by atoms with Gasteiger partial charge in [0.1, 0.15) is 11.7 Å². The molecule has 0 amide bonds. The minimum Gasteiger partial charge on any atom is -0.497 e. The van der Waals surface area contributed by atoms with E-state index < -0.39 is 11.7 Å². The zero-order valence-electron chi connectivity index (χ0n) is 9.43. The average molecular weight is 232 g/mol. The van der Waals surface area contributed by atoms with E-state index in [0.717, 1.165) is 0 Å². The number of rotatable bonds is 3. The molecular formula is C13H12O4. The first kappa shape index (κ1) is 11.5. The maximum Gasteiger partial charge on any atom is 0.180 e. The highest BCUT2D eigenvalue weighted by Gasteiger charge is 2.38. The van der Waals surface area contributed by atoms with E-state index in [4.69, 9.17) is 4.74 Å². The second-order valence-electron chi connectivity index (χ2n) is 3.96. The molecule has 0 N–H and O–H groups in total. The third-order valence-corrected chi connectivity index (χ3v) is 2.90. The lowest BCUT2D eigenvalue weighted by Crippen LogP contribution is -2.24. The van der Waals surface area contributed by atoms with Gasteiger partial charge in [-0.2, -0.15) is 0 Å². The maximum absolute atomic E-state index is 12.0. The molecule has 1 aromatic rings. The zero-order chi connectivity index (χ0) is 12.4. The summed E-state index contributed by atoms with van der Waals surface area (Å²) in [6, 6.07) is 6.41. The van der Waals surface area contributed by atoms with Crippen LogP contribution in [0.25, 0.3) is 0 Å². The number of ether oxygens (including phenoxy) is 1. The molecule has 88 valence electrons. The molecule has 1 fully saturated rings. The lowest BCUT2D eigenvalue weighted by atomic mass is 9.95. The number of carbonyl (C=O) groups is 3. The Bertz CT molecular complexity index is 457. The Balaban J connectivity index is 2.24. The van der Waals surface area contributed by atoms with Gasteiger partial charge in [-0.05, 0) is 24.3 Å². The largest absolute Gasteiger partial charge is 0.497 e. The van der Waals surface area contributed by atoms with Gasteiger partial charge in [-0.3, -0.25) is 14.4 Å². The van der Waals surface area contributed by atoms with Gasteiger partial charge in [-0.15, -0.1) is 0 Å². The fourth-order valence-electron chi connectivity index (χ4n) is 1.93. The van der Waals surface area contributed by atoms with Crippen molar-refractivity contribution in [3.8, 4) is 5.75 Å². The predicted octanol–water partition coefficient (Wildman–Crippen LogP) is 1.43. The summed E-state index contributed by atoms with van der Waals surface area (Å²) in [5.41, 5.74) is 0.374. The molecule has 0 atom stereocenters. The van der Waals surface area contributed by atoms with Gasteiger partial charge < -0.3 is 4.74 Å². The molecule has 1 aliphatic rings. The number of hydrogen-bond donors (Lipinski definition) is 0. The van der Waals surface area contributed by atoms with E-state index >= 15 is 0 Å². The van der Waals surface area contributed by atoms with Gasteiger partial charge in [0.2, 0.25) is 0 Å². The molecule has 0 radical (unpaired) electrons. The van der Waals surface area contributed by atoms with Crippen molar-refractivity contribution in [2.24, 2.45) is 5.92 Å². The summed E-state index contributed by atoms with van der Waals surface area (Å²) in [6.07, 6.45) is 0.372. The zero-order valence-corrected chi connectivity index (χ0v) is 9.43. The molecule has 0 unspecified atom stereocenters. The molecule has 0 aromatic heterocycles. The van der Waals surface area contributed by atoms with E-state index in [2.05, 4.69) is 0 Å². The van der Waals surface area contributed by atoms with Crippen molar-refractivity contribution in [3.05, 3.63) is 29.8 Å². The summed E-state index contributed by atoms with van der Waals surface area (Å²) in [7, 11) is 1.53. The van der Waals surface area contributed by atoms with Crippen molar-refractivity contribution in [1.29, 1.82) is 0 Å². The van der Waals surface area contributed by atoms with Crippen molar-refractivity contribution >= 4 is 17.3 Å². The summed E-state index contributed by atoms with van der Waals surface area (Å²) >= 11 is 0. The van der Waals surface area contributed by atoms with Crippen molar-refractivity contribution in [1.82, 2.24) is 0 Å². The highest BCUT2D eigenvalue weighted by molar-refractivity contribution is 6.27. The lowest BCUT2D eigenvalue weighted by Gasteiger charge is -2.06. The van der Waals surface area contributed by atoms with Crippen molar-refractivity contribution in [2.75, 3.05) is 7.11 Å². The Morgan fingerprint density at radius 3 is 2.12 bits per heavy atom. The quantitative estimate of drug-likeness (QED) is 0.584. The molecule has 2 rings (SSSR count). The second kappa shape index (κ2) is 4.49. The smallest absolute Gasteiger partial charge is 0.180 e. The molecule has 0 bridgehead atoms. The van der Waals surface area contributed by atoms with Crippen LogP contribution in [0, 0.1) is 5.92 Å². The van der Waals surface area contributed by atoms with E-state index in [9.17, 15) is 14.4 Å². The summed E-state index contributed by atoms with van der Waals surface area (Å²) in [5.74, 6) is -1.39. The Hall–Kier alpha value is -1.97. The van der Waals surface area contributed by atoms with Crippen LogP contribution in [0.2, 0.25) is 0 Å². The van der Waals surface area contributed by atoms with Gasteiger partial charge in [-0.1, -0.05) is 0 Å². The average Bonchev–Trinajstić information content (AvgIpc) is 2.68. The third kappa shape index (κ3) is 2.11. The Kier molecular flexibility index (Phi) is 3.04. The van der Waals surface area contributed by atoms with Gasteiger partial charge in [0, 0.05) is 18.4 Å². The first-order chi connectivity index (χ1) is 8.13. The molecule has 1 saturated carbocycles. The molecule has 1 aromatic carbocycles. The first-order valence-electron chi connectivity index (χ1n) is 5.37. The van der Waals surface area contributed by atoms with E-state index in [1.807, 2.05) is 0 Å². The summed E-state index contributed by atoms with van der Waals surface area (Å²) in [5, 5.41) is 0. The lowest BCUT2D eigenvalue weighted by molar-refractivity contribution is -0.125. The van der Waals surface area contributed by atoms with Crippen LogP contribution in [0.5, 0.6) is 5.75 Å². The number of hydrogen-bond acceptors (Lipinski definition) is 4. The van der Waals surface area contributed by atoms with E-state index in [1.54, 1.807) is 24.3 Å². The topological polar surface area (TPSA) is 60.4 Å². The minimum absolute atomic E-state index is 0.186. The highest BCUT2D eigenvalue weighted by Crippen LogP contribution is 2.23. The number of benzene rings is 1. The number of methoxy groups -OCH3 is 1. The normalized spacial score (nSPS) is 16.3. The number of Topliss-reactive ketones (excluding diaryl/α,β-unsaturated/α-hetero) is 3. The summed E-state index contributed by atoms with van der Waals surface area (Å²) in [6.45, 7) is 0. The van der Waals surface area contributed by atoms with Crippen LogP contribution in [0.4, 0.5) is 0 Å². The van der Waals surface area contributed by atoms with E-state index in [0.29, 0.717) is 11.3 Å². The fourth-order valence-corrected chi connectivity index (χ4v) is 1.93. The molecule has 4 nitrogen and oxygen atoms in total. The van der Waals surface area contributed by atoms with Crippen LogP contribution in [0.3, 0.4) is 0 Å². The number of ketones is 3. The van der Waals surface area contributed by atoms with Crippen LogP contribution in [-0.2, 0) is 9.59 Å². The van der Waals surface area contributed by atoms with Crippen LogP contribution < -0.4 is 4.74 Å².